The zero-order valence-electron chi connectivity index (χ0n) is 14.6. The molecule has 0 saturated heterocycles. The van der Waals surface area contributed by atoms with Crippen LogP contribution in [0.15, 0.2) is 36.5 Å². The third-order valence-corrected chi connectivity index (χ3v) is 5.79. The molecule has 4 rings (SSSR count). The van der Waals surface area contributed by atoms with Crippen molar-refractivity contribution in [1.82, 2.24) is 19.4 Å². The molecule has 1 aliphatic heterocycles. The normalized spacial score (nSPS) is 16.8. The van der Waals surface area contributed by atoms with Gasteiger partial charge in [-0.15, -0.1) is 11.3 Å². The number of rotatable bonds is 2. The molecule has 1 aliphatic rings. The second kappa shape index (κ2) is 6.11. The Hall–Kier alpha value is -2.47. The highest BCUT2D eigenvalue weighted by atomic mass is 32.1. The molecule has 0 fully saturated rings. The van der Waals surface area contributed by atoms with Crippen molar-refractivity contribution in [3.63, 3.8) is 0 Å². The zero-order valence-corrected chi connectivity index (χ0v) is 15.4. The van der Waals surface area contributed by atoms with Gasteiger partial charge in [-0.3, -0.25) is 4.79 Å². The molecule has 1 aromatic carbocycles. The van der Waals surface area contributed by atoms with E-state index in [2.05, 4.69) is 33.6 Å². The largest absolute Gasteiger partial charge is 0.328 e. The number of imidazole rings is 1. The molecule has 6 heteroatoms. The van der Waals surface area contributed by atoms with Crippen LogP contribution in [0.4, 0.5) is 0 Å². The lowest BCUT2D eigenvalue weighted by Crippen LogP contribution is -2.41. The number of fused-ring (bicyclic) bond motifs is 1. The predicted molar refractivity (Wildman–Crippen MR) is 97.6 cm³/mol. The minimum atomic E-state index is -0.00379. The van der Waals surface area contributed by atoms with Gasteiger partial charge in [0.15, 0.2) is 0 Å². The van der Waals surface area contributed by atoms with Crippen molar-refractivity contribution >= 4 is 17.2 Å². The molecule has 0 N–H and O–H groups in total. The quantitative estimate of drug-likeness (QED) is 0.707. The fourth-order valence-corrected chi connectivity index (χ4v) is 4.33. The number of carbonyl (C=O) groups is 1. The number of benzene rings is 1. The van der Waals surface area contributed by atoms with Crippen LogP contribution >= 0.6 is 11.3 Å². The van der Waals surface area contributed by atoms with Crippen molar-refractivity contribution in [1.29, 1.82) is 0 Å². The van der Waals surface area contributed by atoms with Gasteiger partial charge in [0.05, 0.1) is 23.3 Å². The number of hydrogen-bond donors (Lipinski definition) is 0. The van der Waals surface area contributed by atoms with Crippen molar-refractivity contribution in [3.05, 3.63) is 69.2 Å². The summed E-state index contributed by atoms with van der Waals surface area (Å²) >= 11 is 1.47. The summed E-state index contributed by atoms with van der Waals surface area (Å²) < 4.78 is 2.21. The van der Waals surface area contributed by atoms with Gasteiger partial charge in [-0.05, 0) is 26.3 Å². The molecule has 3 aromatic rings. The fraction of sp³-hybridized carbons (Fsp3) is 0.316. The smallest absolute Gasteiger partial charge is 0.266 e. The van der Waals surface area contributed by atoms with Crippen molar-refractivity contribution < 1.29 is 4.79 Å². The molecule has 1 atom stereocenters. The SMILES string of the molecule is Cc1nc(C)c(C(=O)N2Cc3ncc(C)n3C[C@H]2c2ccccc2)s1. The van der Waals surface area contributed by atoms with Gasteiger partial charge in [0.2, 0.25) is 0 Å². The first-order valence-corrected chi connectivity index (χ1v) is 9.17. The average molecular weight is 352 g/mol. The number of carbonyl (C=O) groups excluding carboxylic acids is 1. The molecular weight excluding hydrogens is 332 g/mol. The molecule has 0 saturated carbocycles. The molecular formula is C19H20N4OS. The molecule has 0 unspecified atom stereocenters. The maximum atomic E-state index is 13.3. The molecule has 3 heterocycles. The number of amides is 1. The van der Waals surface area contributed by atoms with Gasteiger partial charge in [0.25, 0.3) is 5.91 Å². The van der Waals surface area contributed by atoms with Gasteiger partial charge < -0.3 is 9.47 Å². The average Bonchev–Trinajstić information content (AvgIpc) is 3.15. The van der Waals surface area contributed by atoms with Crippen LogP contribution in [0.2, 0.25) is 0 Å². The van der Waals surface area contributed by atoms with Crippen LogP contribution < -0.4 is 0 Å². The number of nitrogens with zero attached hydrogens (tertiary/aromatic N) is 4. The Morgan fingerprint density at radius 2 is 1.96 bits per heavy atom. The van der Waals surface area contributed by atoms with E-state index in [0.29, 0.717) is 6.54 Å². The molecule has 2 aromatic heterocycles. The molecule has 25 heavy (non-hydrogen) atoms. The van der Waals surface area contributed by atoms with Gasteiger partial charge in [-0.1, -0.05) is 30.3 Å². The van der Waals surface area contributed by atoms with Gasteiger partial charge in [-0.25, -0.2) is 9.97 Å². The Bertz CT molecular complexity index is 928. The minimum absolute atomic E-state index is 0.00379. The zero-order chi connectivity index (χ0) is 17.6. The first-order chi connectivity index (χ1) is 12.0. The summed E-state index contributed by atoms with van der Waals surface area (Å²) in [6.07, 6.45) is 1.88. The van der Waals surface area contributed by atoms with E-state index in [1.54, 1.807) is 0 Å². The molecule has 0 spiro atoms. The van der Waals surface area contributed by atoms with Crippen LogP contribution in [0.5, 0.6) is 0 Å². The van der Waals surface area contributed by atoms with Crippen molar-refractivity contribution in [2.24, 2.45) is 0 Å². The van der Waals surface area contributed by atoms with E-state index in [4.69, 9.17) is 0 Å². The standard InChI is InChI=1S/C19H20N4OS/c1-12-9-20-17-11-23(19(24)18-13(2)21-14(3)25-18)16(10-22(12)17)15-7-5-4-6-8-15/h4-9,16H,10-11H2,1-3H3/t16-/m0/s1. The highest BCUT2D eigenvalue weighted by Crippen LogP contribution is 2.33. The Balaban J connectivity index is 1.77. The molecule has 0 aliphatic carbocycles. The second-order valence-electron chi connectivity index (χ2n) is 6.43. The van der Waals surface area contributed by atoms with Gasteiger partial charge in [-0.2, -0.15) is 0 Å². The van der Waals surface area contributed by atoms with Crippen LogP contribution in [-0.4, -0.2) is 25.3 Å². The predicted octanol–water partition coefficient (Wildman–Crippen LogP) is 3.66. The maximum Gasteiger partial charge on any atom is 0.266 e. The van der Waals surface area contributed by atoms with Crippen molar-refractivity contribution in [2.45, 2.75) is 39.9 Å². The minimum Gasteiger partial charge on any atom is -0.328 e. The van der Waals surface area contributed by atoms with E-state index in [1.807, 2.05) is 43.1 Å². The molecule has 5 nitrogen and oxygen atoms in total. The van der Waals surface area contributed by atoms with Crippen LogP contribution in [0.1, 0.15) is 43.5 Å². The molecule has 128 valence electrons. The van der Waals surface area contributed by atoms with Crippen molar-refractivity contribution in [2.75, 3.05) is 0 Å². The Morgan fingerprint density at radius 1 is 1.20 bits per heavy atom. The summed E-state index contributed by atoms with van der Waals surface area (Å²) in [6.45, 7) is 7.15. The summed E-state index contributed by atoms with van der Waals surface area (Å²) in [5.74, 6) is 0.987. The summed E-state index contributed by atoms with van der Waals surface area (Å²) in [5, 5.41) is 0.923. The maximum absolute atomic E-state index is 13.3. The Labute approximate surface area is 151 Å². The lowest BCUT2D eigenvalue weighted by atomic mass is 10.0. The lowest BCUT2D eigenvalue weighted by molar-refractivity contribution is 0.0587. The highest BCUT2D eigenvalue weighted by Gasteiger charge is 2.34. The van der Waals surface area contributed by atoms with E-state index < -0.39 is 0 Å². The molecule has 0 bridgehead atoms. The van der Waals surface area contributed by atoms with Gasteiger partial charge in [0.1, 0.15) is 10.7 Å². The first kappa shape index (κ1) is 16.0. The van der Waals surface area contributed by atoms with Crippen LogP contribution in [0, 0.1) is 20.8 Å². The number of thiazole rings is 1. The highest BCUT2D eigenvalue weighted by molar-refractivity contribution is 7.13. The van der Waals surface area contributed by atoms with E-state index >= 15 is 0 Å². The van der Waals surface area contributed by atoms with Crippen LogP contribution in [0.25, 0.3) is 0 Å². The van der Waals surface area contributed by atoms with Crippen LogP contribution in [-0.2, 0) is 13.1 Å². The summed E-state index contributed by atoms with van der Waals surface area (Å²) in [6, 6.07) is 10.2. The van der Waals surface area contributed by atoms with E-state index in [9.17, 15) is 4.79 Å². The van der Waals surface area contributed by atoms with Gasteiger partial charge >= 0.3 is 0 Å². The van der Waals surface area contributed by atoms with Crippen molar-refractivity contribution in [3.8, 4) is 0 Å². The second-order valence-corrected chi connectivity index (χ2v) is 7.64. The fourth-order valence-electron chi connectivity index (χ4n) is 3.45. The monoisotopic (exact) mass is 352 g/mol. The third-order valence-electron chi connectivity index (χ3n) is 4.72. The Kier molecular flexibility index (Phi) is 3.92. The summed E-state index contributed by atoms with van der Waals surface area (Å²) in [5.41, 5.74) is 3.09. The summed E-state index contributed by atoms with van der Waals surface area (Å²) in [4.78, 5) is 24.9. The number of aryl methyl sites for hydroxylation is 3. The number of hydrogen-bond acceptors (Lipinski definition) is 4. The summed E-state index contributed by atoms with van der Waals surface area (Å²) in [7, 11) is 0. The lowest BCUT2D eigenvalue weighted by Gasteiger charge is -2.37. The van der Waals surface area contributed by atoms with E-state index in [0.717, 1.165) is 39.2 Å². The van der Waals surface area contributed by atoms with Crippen LogP contribution in [0.3, 0.4) is 0 Å². The van der Waals surface area contributed by atoms with E-state index in [-0.39, 0.29) is 11.9 Å². The Morgan fingerprint density at radius 3 is 2.64 bits per heavy atom. The van der Waals surface area contributed by atoms with Gasteiger partial charge in [0, 0.05) is 18.4 Å². The van der Waals surface area contributed by atoms with E-state index in [1.165, 1.54) is 11.3 Å². The first-order valence-electron chi connectivity index (χ1n) is 8.35. The molecule has 1 amide bonds. The third kappa shape index (κ3) is 2.76. The topological polar surface area (TPSA) is 51.0 Å². The number of aromatic nitrogens is 3. The molecule has 0 radical (unpaired) electrons.